The van der Waals surface area contributed by atoms with Crippen LogP contribution in [0.2, 0.25) is 5.02 Å². The van der Waals surface area contributed by atoms with E-state index in [1.54, 1.807) is 7.11 Å². The number of hydrogen-bond acceptors (Lipinski definition) is 4. The first-order chi connectivity index (χ1) is 11.6. The number of aliphatic hydroxyl groups excluding tert-OH is 1. The zero-order chi connectivity index (χ0) is 17.2. The normalized spacial score (nSPS) is 17.5. The summed E-state index contributed by atoms with van der Waals surface area (Å²) in [7, 11) is 1.64. The molecule has 3 rings (SSSR count). The van der Waals surface area contributed by atoms with Gasteiger partial charge in [0.05, 0.1) is 18.1 Å². The van der Waals surface area contributed by atoms with Gasteiger partial charge in [-0.1, -0.05) is 37.1 Å². The van der Waals surface area contributed by atoms with Crippen LogP contribution in [-0.2, 0) is 23.3 Å². The third kappa shape index (κ3) is 3.21. The van der Waals surface area contributed by atoms with Crippen LogP contribution in [0.4, 0.5) is 0 Å². The molecule has 0 radical (unpaired) electrons. The van der Waals surface area contributed by atoms with E-state index in [-0.39, 0.29) is 5.41 Å². The highest BCUT2D eigenvalue weighted by Gasteiger charge is 2.44. The van der Waals surface area contributed by atoms with E-state index in [1.165, 1.54) is 5.56 Å². The van der Waals surface area contributed by atoms with Gasteiger partial charge in [0.2, 0.25) is 0 Å². The van der Waals surface area contributed by atoms with Crippen molar-refractivity contribution in [1.82, 2.24) is 14.8 Å². The van der Waals surface area contributed by atoms with Crippen molar-refractivity contribution in [3.05, 3.63) is 46.5 Å². The molecule has 0 unspecified atom stereocenters. The van der Waals surface area contributed by atoms with Crippen molar-refractivity contribution >= 4 is 11.6 Å². The molecule has 0 saturated heterocycles. The van der Waals surface area contributed by atoms with Crippen LogP contribution in [0, 0.1) is 0 Å². The summed E-state index contributed by atoms with van der Waals surface area (Å²) in [6, 6.07) is 8.00. The number of rotatable bonds is 7. The number of halogens is 1. The Morgan fingerprint density at radius 2 is 2.04 bits per heavy atom. The van der Waals surface area contributed by atoms with Gasteiger partial charge in [-0.05, 0) is 37.0 Å². The van der Waals surface area contributed by atoms with Crippen molar-refractivity contribution in [3.8, 4) is 0 Å². The third-order valence-corrected chi connectivity index (χ3v) is 5.13. The van der Waals surface area contributed by atoms with Gasteiger partial charge in [-0.2, -0.15) is 5.10 Å². The van der Waals surface area contributed by atoms with Crippen molar-refractivity contribution in [1.29, 1.82) is 0 Å². The van der Waals surface area contributed by atoms with Crippen molar-refractivity contribution in [3.63, 3.8) is 0 Å². The molecule has 2 aromatic rings. The SMILES string of the molecule is CC[C@H](O)Cn1nc(COC)nc1C1(c2ccc(Cl)cc2)CCC1. The largest absolute Gasteiger partial charge is 0.391 e. The zero-order valence-electron chi connectivity index (χ0n) is 14.2. The smallest absolute Gasteiger partial charge is 0.176 e. The standard InChI is InChI=1S/C18H24ClN3O2/c1-3-15(23)11-22-17(20-16(21-22)12-24-2)18(9-4-10-18)13-5-7-14(19)8-6-13/h5-8,15,23H,3-4,9-12H2,1-2H3/t15-/m0/s1. The molecule has 0 aliphatic heterocycles. The maximum atomic E-state index is 10.1. The fourth-order valence-electron chi connectivity index (χ4n) is 3.33. The van der Waals surface area contributed by atoms with Gasteiger partial charge < -0.3 is 9.84 Å². The minimum atomic E-state index is -0.428. The van der Waals surface area contributed by atoms with E-state index in [2.05, 4.69) is 17.2 Å². The Kier molecular flexibility index (Phi) is 5.23. The van der Waals surface area contributed by atoms with Gasteiger partial charge in [0, 0.05) is 12.1 Å². The predicted octanol–water partition coefficient (Wildman–Crippen LogP) is 3.32. The van der Waals surface area contributed by atoms with E-state index < -0.39 is 6.10 Å². The lowest BCUT2D eigenvalue weighted by atomic mass is 9.64. The van der Waals surface area contributed by atoms with Crippen LogP contribution in [0.25, 0.3) is 0 Å². The molecule has 0 amide bonds. The summed E-state index contributed by atoms with van der Waals surface area (Å²) in [5, 5.41) is 15.4. The van der Waals surface area contributed by atoms with E-state index in [9.17, 15) is 5.11 Å². The van der Waals surface area contributed by atoms with Crippen LogP contribution < -0.4 is 0 Å². The molecule has 1 atom stereocenters. The third-order valence-electron chi connectivity index (χ3n) is 4.88. The van der Waals surface area contributed by atoms with E-state index in [4.69, 9.17) is 21.3 Å². The molecular weight excluding hydrogens is 326 g/mol. The first-order valence-corrected chi connectivity index (χ1v) is 8.84. The average Bonchev–Trinajstić information content (AvgIpc) is 2.91. The second-order valence-corrected chi connectivity index (χ2v) is 6.91. The summed E-state index contributed by atoms with van der Waals surface area (Å²) in [5.74, 6) is 1.59. The Morgan fingerprint density at radius 1 is 1.33 bits per heavy atom. The molecule has 0 spiro atoms. The molecule has 24 heavy (non-hydrogen) atoms. The summed E-state index contributed by atoms with van der Waals surface area (Å²) < 4.78 is 7.07. The van der Waals surface area contributed by atoms with Gasteiger partial charge in [0.1, 0.15) is 12.4 Å². The quantitative estimate of drug-likeness (QED) is 0.833. The van der Waals surface area contributed by atoms with Crippen molar-refractivity contribution in [2.45, 2.75) is 57.3 Å². The first kappa shape index (κ1) is 17.4. The Labute approximate surface area is 147 Å². The molecule has 1 aliphatic rings. The van der Waals surface area contributed by atoms with Crippen molar-refractivity contribution in [2.75, 3.05) is 7.11 Å². The van der Waals surface area contributed by atoms with Gasteiger partial charge in [0.25, 0.3) is 0 Å². The number of benzene rings is 1. The maximum Gasteiger partial charge on any atom is 0.176 e. The molecule has 1 aliphatic carbocycles. The second kappa shape index (κ2) is 7.21. The molecule has 1 N–H and O–H groups in total. The Morgan fingerprint density at radius 3 is 2.58 bits per heavy atom. The van der Waals surface area contributed by atoms with Gasteiger partial charge in [-0.25, -0.2) is 9.67 Å². The van der Waals surface area contributed by atoms with E-state index >= 15 is 0 Å². The van der Waals surface area contributed by atoms with E-state index in [1.807, 2.05) is 23.7 Å². The zero-order valence-corrected chi connectivity index (χ0v) is 15.0. The van der Waals surface area contributed by atoms with Crippen LogP contribution in [0.15, 0.2) is 24.3 Å². The summed E-state index contributed by atoms with van der Waals surface area (Å²) in [6.45, 7) is 2.80. The molecule has 1 saturated carbocycles. The fourth-order valence-corrected chi connectivity index (χ4v) is 3.46. The predicted molar refractivity (Wildman–Crippen MR) is 93.1 cm³/mol. The Bertz CT molecular complexity index is 680. The minimum absolute atomic E-state index is 0.142. The van der Waals surface area contributed by atoms with Crippen molar-refractivity contribution in [2.24, 2.45) is 0 Å². The molecule has 0 bridgehead atoms. The summed E-state index contributed by atoms with van der Waals surface area (Å²) in [5.41, 5.74) is 1.07. The number of methoxy groups -OCH3 is 1. The lowest BCUT2D eigenvalue weighted by Gasteiger charge is -2.41. The summed E-state index contributed by atoms with van der Waals surface area (Å²) in [6.07, 6.45) is 3.48. The molecule has 5 nitrogen and oxygen atoms in total. The monoisotopic (exact) mass is 349 g/mol. The lowest BCUT2D eigenvalue weighted by molar-refractivity contribution is 0.138. The molecule has 1 aromatic heterocycles. The highest BCUT2D eigenvalue weighted by atomic mass is 35.5. The molecule has 1 aromatic carbocycles. The van der Waals surface area contributed by atoms with Crippen LogP contribution in [0.5, 0.6) is 0 Å². The number of hydrogen-bond donors (Lipinski definition) is 1. The fraction of sp³-hybridized carbons (Fsp3) is 0.556. The van der Waals surface area contributed by atoms with Crippen LogP contribution in [-0.4, -0.2) is 33.1 Å². The first-order valence-electron chi connectivity index (χ1n) is 8.46. The topological polar surface area (TPSA) is 60.2 Å². The highest BCUT2D eigenvalue weighted by Crippen LogP contribution is 2.48. The van der Waals surface area contributed by atoms with Crippen LogP contribution in [0.3, 0.4) is 0 Å². The second-order valence-electron chi connectivity index (χ2n) is 6.47. The van der Waals surface area contributed by atoms with Crippen LogP contribution >= 0.6 is 11.6 Å². The van der Waals surface area contributed by atoms with Crippen molar-refractivity contribution < 1.29 is 9.84 Å². The Hall–Kier alpha value is -1.43. The Balaban J connectivity index is 2.02. The number of ether oxygens (including phenoxy) is 1. The number of nitrogens with zero attached hydrogens (tertiary/aromatic N) is 3. The van der Waals surface area contributed by atoms with Gasteiger partial charge in [-0.15, -0.1) is 0 Å². The average molecular weight is 350 g/mol. The van der Waals surface area contributed by atoms with Gasteiger partial charge in [-0.3, -0.25) is 0 Å². The van der Waals surface area contributed by atoms with E-state index in [0.717, 1.165) is 30.1 Å². The summed E-state index contributed by atoms with van der Waals surface area (Å²) >= 11 is 6.05. The molecular formula is C18H24ClN3O2. The van der Waals surface area contributed by atoms with Gasteiger partial charge >= 0.3 is 0 Å². The molecule has 1 fully saturated rings. The highest BCUT2D eigenvalue weighted by molar-refractivity contribution is 6.30. The van der Waals surface area contributed by atoms with Crippen LogP contribution in [0.1, 0.15) is 49.8 Å². The molecule has 1 heterocycles. The number of aromatic nitrogens is 3. The lowest BCUT2D eigenvalue weighted by Crippen LogP contribution is -2.39. The summed E-state index contributed by atoms with van der Waals surface area (Å²) in [4.78, 5) is 4.76. The maximum absolute atomic E-state index is 10.1. The molecule has 6 heteroatoms. The number of aliphatic hydroxyl groups is 1. The van der Waals surface area contributed by atoms with Gasteiger partial charge in [0.15, 0.2) is 5.82 Å². The minimum Gasteiger partial charge on any atom is -0.391 e. The molecule has 130 valence electrons. The van der Waals surface area contributed by atoms with E-state index in [0.29, 0.717) is 25.4 Å².